The predicted molar refractivity (Wildman–Crippen MR) is 79.9 cm³/mol. The Hall–Kier alpha value is -1.54. The molecule has 0 bridgehead atoms. The van der Waals surface area contributed by atoms with E-state index in [1.807, 2.05) is 11.8 Å². The van der Waals surface area contributed by atoms with E-state index in [0.717, 1.165) is 23.5 Å². The van der Waals surface area contributed by atoms with Crippen LogP contribution >= 0.6 is 23.1 Å². The molecule has 6 nitrogen and oxygen atoms in total. The first-order chi connectivity index (χ1) is 9.97. The Morgan fingerprint density at radius 1 is 1.33 bits per heavy atom. The third-order valence-corrected chi connectivity index (χ3v) is 5.35. The SMILES string of the molecule is O=C(O)CC[C@H](NC(=O)c1cc2c(s1)CCSC2)C(=O)O. The highest BCUT2D eigenvalue weighted by Crippen LogP contribution is 2.31. The number of carbonyl (C=O) groups excluding carboxylic acids is 1. The summed E-state index contributed by atoms with van der Waals surface area (Å²) in [6, 6.07) is 0.625. The minimum atomic E-state index is -1.22. The lowest BCUT2D eigenvalue weighted by molar-refractivity contribution is -0.140. The lowest BCUT2D eigenvalue weighted by Crippen LogP contribution is -2.40. The summed E-state index contributed by atoms with van der Waals surface area (Å²) >= 11 is 3.20. The summed E-state index contributed by atoms with van der Waals surface area (Å²) in [4.78, 5) is 35.3. The highest BCUT2D eigenvalue weighted by atomic mass is 32.2. The van der Waals surface area contributed by atoms with Gasteiger partial charge in [-0.2, -0.15) is 11.8 Å². The van der Waals surface area contributed by atoms with Crippen LogP contribution in [0.4, 0.5) is 0 Å². The van der Waals surface area contributed by atoms with Gasteiger partial charge in [0.05, 0.1) is 4.88 Å². The zero-order chi connectivity index (χ0) is 15.4. The number of amides is 1. The van der Waals surface area contributed by atoms with Gasteiger partial charge in [0.2, 0.25) is 0 Å². The summed E-state index contributed by atoms with van der Waals surface area (Å²) in [5.74, 6) is -0.844. The van der Waals surface area contributed by atoms with Gasteiger partial charge in [0.1, 0.15) is 6.04 Å². The summed E-state index contributed by atoms with van der Waals surface area (Å²) in [6.07, 6.45) is 0.505. The second-order valence-corrected chi connectivity index (χ2v) is 6.90. The van der Waals surface area contributed by atoms with Crippen LogP contribution in [-0.4, -0.2) is 39.9 Å². The molecule has 1 aliphatic rings. The molecule has 0 saturated heterocycles. The Morgan fingerprint density at radius 2 is 2.10 bits per heavy atom. The number of carboxylic acids is 2. The maximum absolute atomic E-state index is 12.1. The van der Waals surface area contributed by atoms with Crippen LogP contribution in [0.3, 0.4) is 0 Å². The molecule has 2 rings (SSSR count). The first-order valence-corrected chi connectivity index (χ1v) is 8.39. The number of thiophene rings is 1. The lowest BCUT2D eigenvalue weighted by Gasteiger charge is -2.12. The van der Waals surface area contributed by atoms with E-state index in [4.69, 9.17) is 10.2 Å². The van der Waals surface area contributed by atoms with Gasteiger partial charge in [0.15, 0.2) is 0 Å². The number of aryl methyl sites for hydroxylation is 1. The number of aliphatic carboxylic acids is 2. The third kappa shape index (κ3) is 4.21. The van der Waals surface area contributed by atoms with Gasteiger partial charge in [-0.15, -0.1) is 11.3 Å². The normalized spacial score (nSPS) is 15.0. The second kappa shape index (κ2) is 6.95. The average Bonchev–Trinajstić information content (AvgIpc) is 2.86. The molecule has 0 fully saturated rings. The molecule has 0 saturated carbocycles. The molecule has 0 radical (unpaired) electrons. The van der Waals surface area contributed by atoms with E-state index in [-0.39, 0.29) is 12.8 Å². The Kier molecular flexibility index (Phi) is 5.24. The maximum Gasteiger partial charge on any atom is 0.326 e. The van der Waals surface area contributed by atoms with Crippen molar-refractivity contribution in [3.8, 4) is 0 Å². The Labute approximate surface area is 129 Å². The minimum Gasteiger partial charge on any atom is -0.481 e. The van der Waals surface area contributed by atoms with E-state index in [2.05, 4.69) is 5.32 Å². The smallest absolute Gasteiger partial charge is 0.326 e. The molecule has 1 aromatic heterocycles. The minimum absolute atomic E-state index is 0.128. The largest absolute Gasteiger partial charge is 0.481 e. The number of thioether (sulfide) groups is 1. The van der Waals surface area contributed by atoms with Crippen molar-refractivity contribution in [2.45, 2.75) is 31.1 Å². The quantitative estimate of drug-likeness (QED) is 0.732. The van der Waals surface area contributed by atoms with Crippen molar-refractivity contribution in [3.63, 3.8) is 0 Å². The van der Waals surface area contributed by atoms with Gasteiger partial charge < -0.3 is 15.5 Å². The zero-order valence-electron chi connectivity index (χ0n) is 11.1. The van der Waals surface area contributed by atoms with Crippen molar-refractivity contribution < 1.29 is 24.6 Å². The molecule has 1 atom stereocenters. The molecule has 0 aromatic carbocycles. The van der Waals surface area contributed by atoms with Crippen LogP contribution in [-0.2, 0) is 21.8 Å². The molecule has 0 spiro atoms. The van der Waals surface area contributed by atoms with Crippen LogP contribution in [0.15, 0.2) is 6.07 Å². The van der Waals surface area contributed by atoms with Crippen LogP contribution < -0.4 is 5.32 Å². The molecule has 0 aliphatic carbocycles. The highest BCUT2D eigenvalue weighted by Gasteiger charge is 2.24. The molecule has 21 heavy (non-hydrogen) atoms. The molecule has 3 N–H and O–H groups in total. The van der Waals surface area contributed by atoms with Gasteiger partial charge in [0, 0.05) is 17.1 Å². The summed E-state index contributed by atoms with van der Waals surface area (Å²) in [7, 11) is 0. The number of fused-ring (bicyclic) bond motifs is 1. The monoisotopic (exact) mass is 329 g/mol. The van der Waals surface area contributed by atoms with Gasteiger partial charge in [-0.3, -0.25) is 9.59 Å². The van der Waals surface area contributed by atoms with Crippen molar-refractivity contribution >= 4 is 40.9 Å². The van der Waals surface area contributed by atoms with Crippen LogP contribution in [0.1, 0.15) is 33.0 Å². The fraction of sp³-hybridized carbons (Fsp3) is 0.462. The molecular formula is C13H15NO5S2. The molecule has 2 heterocycles. The lowest BCUT2D eigenvalue weighted by atomic mass is 10.1. The van der Waals surface area contributed by atoms with E-state index < -0.39 is 23.9 Å². The maximum atomic E-state index is 12.1. The van der Waals surface area contributed by atoms with E-state index in [0.29, 0.717) is 4.88 Å². The van der Waals surface area contributed by atoms with E-state index in [1.54, 1.807) is 6.07 Å². The summed E-state index contributed by atoms with van der Waals surface area (Å²) in [5.41, 5.74) is 1.14. The summed E-state index contributed by atoms with van der Waals surface area (Å²) in [5, 5.41) is 20.0. The number of hydrogen-bond donors (Lipinski definition) is 3. The first-order valence-electron chi connectivity index (χ1n) is 6.42. The number of carboxylic acid groups (broad SMARTS) is 2. The molecule has 8 heteroatoms. The van der Waals surface area contributed by atoms with E-state index in [1.165, 1.54) is 16.2 Å². The van der Waals surface area contributed by atoms with Crippen molar-refractivity contribution in [3.05, 3.63) is 21.4 Å². The zero-order valence-corrected chi connectivity index (χ0v) is 12.8. The summed E-state index contributed by atoms with van der Waals surface area (Å²) < 4.78 is 0. The van der Waals surface area contributed by atoms with Gasteiger partial charge in [0.25, 0.3) is 5.91 Å². The predicted octanol–water partition coefficient (Wildman–Crippen LogP) is 1.59. The van der Waals surface area contributed by atoms with Crippen molar-refractivity contribution in [1.29, 1.82) is 0 Å². The fourth-order valence-electron chi connectivity index (χ4n) is 2.01. The van der Waals surface area contributed by atoms with E-state index in [9.17, 15) is 14.4 Å². The number of nitrogens with one attached hydrogen (secondary N) is 1. The molecule has 114 valence electrons. The Balaban J connectivity index is 2.02. The Morgan fingerprint density at radius 3 is 2.71 bits per heavy atom. The summed E-state index contributed by atoms with van der Waals surface area (Å²) in [6.45, 7) is 0. The van der Waals surface area contributed by atoms with Gasteiger partial charge in [-0.1, -0.05) is 0 Å². The highest BCUT2D eigenvalue weighted by molar-refractivity contribution is 7.98. The van der Waals surface area contributed by atoms with Crippen LogP contribution in [0.25, 0.3) is 0 Å². The molecule has 1 aromatic rings. The number of carbonyl (C=O) groups is 3. The molecular weight excluding hydrogens is 314 g/mol. The first kappa shape index (κ1) is 15.8. The van der Waals surface area contributed by atoms with Crippen molar-refractivity contribution in [1.82, 2.24) is 5.32 Å². The van der Waals surface area contributed by atoms with E-state index >= 15 is 0 Å². The molecule has 0 unspecified atom stereocenters. The number of rotatable bonds is 6. The van der Waals surface area contributed by atoms with Crippen molar-refractivity contribution in [2.75, 3.05) is 5.75 Å². The number of hydrogen-bond acceptors (Lipinski definition) is 5. The topological polar surface area (TPSA) is 104 Å². The van der Waals surface area contributed by atoms with Crippen molar-refractivity contribution in [2.24, 2.45) is 0 Å². The van der Waals surface area contributed by atoms with Crippen LogP contribution in [0.5, 0.6) is 0 Å². The average molecular weight is 329 g/mol. The van der Waals surface area contributed by atoms with Crippen LogP contribution in [0, 0.1) is 0 Å². The Bertz CT molecular complexity index is 545. The fourth-order valence-corrected chi connectivity index (χ4v) is 4.29. The van der Waals surface area contributed by atoms with Gasteiger partial charge in [-0.05, 0) is 30.2 Å². The standard InChI is InChI=1S/C13H15NO5S2/c15-11(16)2-1-8(13(18)19)14-12(17)10-5-7-6-20-4-3-9(7)21-10/h5,8H,1-4,6H2,(H,14,17)(H,15,16)(H,18,19)/t8-/m0/s1. The van der Waals surface area contributed by atoms with Gasteiger partial charge >= 0.3 is 11.9 Å². The second-order valence-electron chi connectivity index (χ2n) is 4.66. The molecule has 1 amide bonds. The van der Waals surface area contributed by atoms with Crippen LogP contribution in [0.2, 0.25) is 0 Å². The third-order valence-electron chi connectivity index (χ3n) is 3.10. The molecule has 1 aliphatic heterocycles. The van der Waals surface area contributed by atoms with Gasteiger partial charge in [-0.25, -0.2) is 4.79 Å².